The quantitative estimate of drug-likeness (QED) is 0.407. The maximum atomic E-state index is 11.1. The zero-order valence-corrected chi connectivity index (χ0v) is 14.9. The van der Waals surface area contributed by atoms with Crippen molar-refractivity contribution in [3.05, 3.63) is 73.8 Å². The molecule has 0 bridgehead atoms. The molecule has 1 heterocycles. The van der Waals surface area contributed by atoms with Gasteiger partial charge in [0.05, 0.1) is 29.3 Å². The highest BCUT2D eigenvalue weighted by Crippen LogP contribution is 2.25. The maximum absolute atomic E-state index is 11.1. The second-order valence-electron chi connectivity index (χ2n) is 6.03. The highest BCUT2D eigenvalue weighted by molar-refractivity contribution is 5.89. The lowest BCUT2D eigenvalue weighted by Crippen LogP contribution is -2.36. The summed E-state index contributed by atoms with van der Waals surface area (Å²) in [5.74, 6) is 0. The van der Waals surface area contributed by atoms with E-state index in [0.717, 1.165) is 5.69 Å². The largest absolute Gasteiger partial charge is 0.391 e. The summed E-state index contributed by atoms with van der Waals surface area (Å²) in [5, 5.41) is 25.8. The topological polar surface area (TPSA) is 120 Å². The SMILES string of the molecule is O=[N+]([O-])c1cccc(CO/N=C/c2cc([N+](=O)[O-])ccc2N2CCOCC2)c1. The van der Waals surface area contributed by atoms with Crippen LogP contribution in [0, 0.1) is 20.2 Å². The van der Waals surface area contributed by atoms with Gasteiger partial charge in [-0.2, -0.15) is 0 Å². The van der Waals surface area contributed by atoms with Crippen LogP contribution in [0.15, 0.2) is 47.6 Å². The molecule has 1 saturated heterocycles. The van der Waals surface area contributed by atoms with Crippen molar-refractivity contribution in [2.75, 3.05) is 31.2 Å². The molecule has 10 heteroatoms. The van der Waals surface area contributed by atoms with Gasteiger partial charge in [0, 0.05) is 48.6 Å². The van der Waals surface area contributed by atoms with Gasteiger partial charge >= 0.3 is 0 Å². The van der Waals surface area contributed by atoms with E-state index in [-0.39, 0.29) is 18.0 Å². The molecule has 0 aliphatic carbocycles. The standard InChI is InChI=1S/C18H18N4O6/c23-21(24)16-3-1-2-14(10-16)13-28-19-12-15-11-17(22(25)26)4-5-18(15)20-6-8-27-9-7-20/h1-5,10-12H,6-9,13H2/b19-12+. The second kappa shape index (κ2) is 8.91. The molecular weight excluding hydrogens is 368 g/mol. The lowest BCUT2D eigenvalue weighted by atomic mass is 10.1. The van der Waals surface area contributed by atoms with Gasteiger partial charge in [-0.15, -0.1) is 0 Å². The Labute approximate surface area is 160 Å². The van der Waals surface area contributed by atoms with Crippen LogP contribution in [0.2, 0.25) is 0 Å². The average Bonchev–Trinajstić information content (AvgIpc) is 2.72. The summed E-state index contributed by atoms with van der Waals surface area (Å²) in [6.45, 7) is 2.55. The number of ether oxygens (including phenoxy) is 1. The minimum Gasteiger partial charge on any atom is -0.391 e. The lowest BCUT2D eigenvalue weighted by Gasteiger charge is -2.29. The molecule has 28 heavy (non-hydrogen) atoms. The van der Waals surface area contributed by atoms with Crippen molar-refractivity contribution in [1.82, 2.24) is 0 Å². The Morgan fingerprint density at radius 2 is 1.79 bits per heavy atom. The normalized spacial score (nSPS) is 14.2. The van der Waals surface area contributed by atoms with Gasteiger partial charge in [0.15, 0.2) is 0 Å². The minimum absolute atomic E-state index is 0.0293. The first kappa shape index (κ1) is 19.2. The molecule has 0 aromatic heterocycles. The van der Waals surface area contributed by atoms with Crippen molar-refractivity contribution in [3.8, 4) is 0 Å². The summed E-state index contributed by atoms with van der Waals surface area (Å²) in [7, 11) is 0. The van der Waals surface area contributed by atoms with Crippen LogP contribution in [0.4, 0.5) is 17.1 Å². The van der Waals surface area contributed by atoms with Crippen LogP contribution >= 0.6 is 0 Å². The number of hydrogen-bond donors (Lipinski definition) is 0. The maximum Gasteiger partial charge on any atom is 0.270 e. The lowest BCUT2D eigenvalue weighted by molar-refractivity contribution is -0.385. The smallest absolute Gasteiger partial charge is 0.270 e. The zero-order valence-electron chi connectivity index (χ0n) is 14.9. The van der Waals surface area contributed by atoms with E-state index in [1.54, 1.807) is 18.2 Å². The summed E-state index contributed by atoms with van der Waals surface area (Å²) < 4.78 is 5.34. The van der Waals surface area contributed by atoms with E-state index in [1.807, 2.05) is 0 Å². The van der Waals surface area contributed by atoms with Gasteiger partial charge in [-0.25, -0.2) is 0 Å². The zero-order chi connectivity index (χ0) is 19.9. The Morgan fingerprint density at radius 3 is 2.50 bits per heavy atom. The van der Waals surface area contributed by atoms with E-state index in [4.69, 9.17) is 9.57 Å². The third-order valence-electron chi connectivity index (χ3n) is 4.19. The molecule has 0 atom stereocenters. The molecule has 2 aromatic carbocycles. The number of morpholine rings is 1. The van der Waals surface area contributed by atoms with Crippen molar-refractivity contribution < 1.29 is 19.4 Å². The van der Waals surface area contributed by atoms with E-state index in [9.17, 15) is 20.2 Å². The predicted molar refractivity (Wildman–Crippen MR) is 102 cm³/mol. The van der Waals surface area contributed by atoms with Crippen LogP contribution in [0.5, 0.6) is 0 Å². The second-order valence-corrected chi connectivity index (χ2v) is 6.03. The first-order valence-electron chi connectivity index (χ1n) is 8.54. The molecule has 0 saturated carbocycles. The van der Waals surface area contributed by atoms with Crippen LogP contribution < -0.4 is 4.90 Å². The molecule has 3 rings (SSSR count). The van der Waals surface area contributed by atoms with Crippen molar-refractivity contribution >= 4 is 23.3 Å². The van der Waals surface area contributed by atoms with Crippen LogP contribution in [0.1, 0.15) is 11.1 Å². The molecule has 1 aliphatic heterocycles. The summed E-state index contributed by atoms with van der Waals surface area (Å²) in [4.78, 5) is 28.2. The van der Waals surface area contributed by atoms with E-state index in [0.29, 0.717) is 37.4 Å². The molecule has 0 unspecified atom stereocenters. The van der Waals surface area contributed by atoms with Crippen molar-refractivity contribution in [3.63, 3.8) is 0 Å². The molecule has 0 spiro atoms. The summed E-state index contributed by atoms with van der Waals surface area (Å²) in [6.07, 6.45) is 1.41. The summed E-state index contributed by atoms with van der Waals surface area (Å²) in [6, 6.07) is 10.6. The summed E-state index contributed by atoms with van der Waals surface area (Å²) in [5.41, 5.74) is 1.88. The van der Waals surface area contributed by atoms with E-state index in [1.165, 1.54) is 30.5 Å². The predicted octanol–water partition coefficient (Wildman–Crippen LogP) is 2.89. The van der Waals surface area contributed by atoms with Crippen LogP contribution in [-0.2, 0) is 16.2 Å². The number of nitro groups is 2. The molecule has 0 amide bonds. The molecule has 1 fully saturated rings. The third-order valence-corrected chi connectivity index (χ3v) is 4.19. The van der Waals surface area contributed by atoms with Crippen molar-refractivity contribution in [2.45, 2.75) is 6.61 Å². The molecule has 146 valence electrons. The molecule has 10 nitrogen and oxygen atoms in total. The van der Waals surface area contributed by atoms with Crippen molar-refractivity contribution in [1.29, 1.82) is 0 Å². The van der Waals surface area contributed by atoms with Crippen LogP contribution in [-0.4, -0.2) is 42.4 Å². The molecule has 0 radical (unpaired) electrons. The third kappa shape index (κ3) is 4.80. The van der Waals surface area contributed by atoms with Crippen molar-refractivity contribution in [2.24, 2.45) is 5.16 Å². The fraction of sp³-hybridized carbons (Fsp3) is 0.278. The van der Waals surface area contributed by atoms with Gasteiger partial charge in [0.25, 0.3) is 11.4 Å². The number of hydrogen-bond acceptors (Lipinski definition) is 8. The number of benzene rings is 2. The fourth-order valence-corrected chi connectivity index (χ4v) is 2.82. The van der Waals surface area contributed by atoms with Gasteiger partial charge in [-0.05, 0) is 11.6 Å². The average molecular weight is 386 g/mol. The number of oxime groups is 1. The molecule has 0 N–H and O–H groups in total. The van der Waals surface area contributed by atoms with Crippen LogP contribution in [0.3, 0.4) is 0 Å². The van der Waals surface area contributed by atoms with E-state index < -0.39 is 9.85 Å². The highest BCUT2D eigenvalue weighted by Gasteiger charge is 2.17. The number of non-ortho nitro benzene ring substituents is 2. The Morgan fingerprint density at radius 1 is 1.07 bits per heavy atom. The number of rotatable bonds is 7. The van der Waals surface area contributed by atoms with E-state index >= 15 is 0 Å². The minimum atomic E-state index is -0.482. The van der Waals surface area contributed by atoms with E-state index in [2.05, 4.69) is 10.1 Å². The first-order chi connectivity index (χ1) is 13.5. The van der Waals surface area contributed by atoms with Gasteiger partial charge in [-0.3, -0.25) is 20.2 Å². The number of anilines is 1. The van der Waals surface area contributed by atoms with Gasteiger partial charge in [0.2, 0.25) is 0 Å². The Kier molecular flexibility index (Phi) is 6.12. The monoisotopic (exact) mass is 386 g/mol. The van der Waals surface area contributed by atoms with Crippen LogP contribution in [0.25, 0.3) is 0 Å². The van der Waals surface area contributed by atoms with Gasteiger partial charge < -0.3 is 14.5 Å². The number of nitro benzene ring substituents is 2. The first-order valence-corrected chi connectivity index (χ1v) is 8.54. The molecule has 1 aliphatic rings. The Balaban J connectivity index is 1.74. The summed E-state index contributed by atoms with van der Waals surface area (Å²) >= 11 is 0. The molecule has 2 aromatic rings. The molecular formula is C18H18N4O6. The Bertz CT molecular complexity index is 895. The highest BCUT2D eigenvalue weighted by atomic mass is 16.6. The Hall–Kier alpha value is -3.53. The van der Waals surface area contributed by atoms with Gasteiger partial charge in [0.1, 0.15) is 6.61 Å². The van der Waals surface area contributed by atoms with Gasteiger partial charge in [-0.1, -0.05) is 17.3 Å². The fourth-order valence-electron chi connectivity index (χ4n) is 2.82. The number of nitrogens with zero attached hydrogens (tertiary/aromatic N) is 4.